The van der Waals surface area contributed by atoms with Gasteiger partial charge in [0.15, 0.2) is 0 Å². The standard InChI is InChI=1S/C14H18F2N2/c1-10(2)17-8-11-3-4-13-12(7-11)5-6-18(13)9-14(15)16/h3-7,10,14,17H,8-9H2,1-2H3. The third-order valence-corrected chi connectivity index (χ3v) is 2.88. The first-order valence-corrected chi connectivity index (χ1v) is 6.15. The minimum atomic E-state index is -2.32. The van der Waals surface area contributed by atoms with E-state index in [2.05, 4.69) is 19.2 Å². The van der Waals surface area contributed by atoms with Gasteiger partial charge in [-0.2, -0.15) is 0 Å². The van der Waals surface area contributed by atoms with Crippen LogP contribution < -0.4 is 5.32 Å². The molecule has 2 rings (SSSR count). The van der Waals surface area contributed by atoms with Crippen LogP contribution in [0.4, 0.5) is 8.78 Å². The molecule has 0 bridgehead atoms. The van der Waals surface area contributed by atoms with E-state index >= 15 is 0 Å². The van der Waals surface area contributed by atoms with Crippen molar-refractivity contribution in [2.75, 3.05) is 0 Å². The summed E-state index contributed by atoms with van der Waals surface area (Å²) in [7, 11) is 0. The maximum atomic E-state index is 12.4. The predicted octanol–water partition coefficient (Wildman–Crippen LogP) is 3.40. The lowest BCUT2D eigenvalue weighted by molar-refractivity contribution is 0.128. The fourth-order valence-corrected chi connectivity index (χ4v) is 1.99. The monoisotopic (exact) mass is 252 g/mol. The van der Waals surface area contributed by atoms with E-state index in [9.17, 15) is 8.78 Å². The van der Waals surface area contributed by atoms with E-state index in [1.165, 1.54) is 5.56 Å². The molecule has 2 nitrogen and oxygen atoms in total. The van der Waals surface area contributed by atoms with Crippen molar-refractivity contribution in [3.05, 3.63) is 36.0 Å². The minimum absolute atomic E-state index is 0.243. The normalized spacial score (nSPS) is 11.9. The lowest BCUT2D eigenvalue weighted by Gasteiger charge is -2.09. The first kappa shape index (κ1) is 13.0. The van der Waals surface area contributed by atoms with Gasteiger partial charge in [0.2, 0.25) is 0 Å². The van der Waals surface area contributed by atoms with Crippen LogP contribution in [0.5, 0.6) is 0 Å². The Labute approximate surface area is 106 Å². The largest absolute Gasteiger partial charge is 0.342 e. The van der Waals surface area contributed by atoms with Gasteiger partial charge in [0.25, 0.3) is 6.43 Å². The van der Waals surface area contributed by atoms with Gasteiger partial charge in [-0.15, -0.1) is 0 Å². The lowest BCUT2D eigenvalue weighted by atomic mass is 10.1. The molecule has 0 fully saturated rings. The van der Waals surface area contributed by atoms with Crippen LogP contribution in [0.3, 0.4) is 0 Å². The number of rotatable bonds is 5. The Kier molecular flexibility index (Phi) is 3.97. The average Bonchev–Trinajstić information content (AvgIpc) is 2.68. The molecule has 0 saturated carbocycles. The fraction of sp³-hybridized carbons (Fsp3) is 0.429. The van der Waals surface area contributed by atoms with Crippen LogP contribution in [0.1, 0.15) is 19.4 Å². The van der Waals surface area contributed by atoms with Crippen LogP contribution in [0.2, 0.25) is 0 Å². The number of hydrogen-bond donors (Lipinski definition) is 1. The summed E-state index contributed by atoms with van der Waals surface area (Å²) < 4.78 is 26.4. The van der Waals surface area contributed by atoms with E-state index < -0.39 is 6.43 Å². The average molecular weight is 252 g/mol. The van der Waals surface area contributed by atoms with E-state index in [4.69, 9.17) is 0 Å². The summed E-state index contributed by atoms with van der Waals surface area (Å²) in [5, 5.41) is 4.35. The van der Waals surface area contributed by atoms with Gasteiger partial charge in [0.1, 0.15) is 0 Å². The van der Waals surface area contributed by atoms with Gasteiger partial charge in [-0.25, -0.2) is 8.78 Å². The Bertz CT molecular complexity index is 517. The van der Waals surface area contributed by atoms with Crippen LogP contribution in [0, 0.1) is 0 Å². The van der Waals surface area contributed by atoms with Gasteiger partial charge in [-0.3, -0.25) is 0 Å². The lowest BCUT2D eigenvalue weighted by Crippen LogP contribution is -2.21. The molecule has 0 spiro atoms. The first-order chi connectivity index (χ1) is 8.56. The topological polar surface area (TPSA) is 17.0 Å². The van der Waals surface area contributed by atoms with E-state index in [0.717, 1.165) is 17.4 Å². The molecule has 0 aliphatic heterocycles. The maximum Gasteiger partial charge on any atom is 0.256 e. The highest BCUT2D eigenvalue weighted by molar-refractivity contribution is 5.80. The first-order valence-electron chi connectivity index (χ1n) is 6.15. The van der Waals surface area contributed by atoms with Crippen molar-refractivity contribution < 1.29 is 8.78 Å². The number of aromatic nitrogens is 1. The molecule has 2 aromatic rings. The molecule has 0 aliphatic carbocycles. The van der Waals surface area contributed by atoms with Crippen molar-refractivity contribution in [2.45, 2.75) is 39.4 Å². The second-order valence-electron chi connectivity index (χ2n) is 4.79. The Morgan fingerprint density at radius 2 is 2.00 bits per heavy atom. The third kappa shape index (κ3) is 3.07. The van der Waals surface area contributed by atoms with Crippen molar-refractivity contribution in [3.63, 3.8) is 0 Å². The quantitative estimate of drug-likeness (QED) is 0.863. The molecule has 0 unspecified atom stereocenters. The summed E-state index contributed by atoms with van der Waals surface area (Å²) in [6.45, 7) is 4.75. The van der Waals surface area contributed by atoms with Crippen LogP contribution >= 0.6 is 0 Å². The smallest absolute Gasteiger partial charge is 0.256 e. The van der Waals surface area contributed by atoms with Crippen molar-refractivity contribution in [3.8, 4) is 0 Å². The molecule has 1 N–H and O–H groups in total. The van der Waals surface area contributed by atoms with Crippen molar-refractivity contribution in [2.24, 2.45) is 0 Å². The molecule has 1 aromatic heterocycles. The van der Waals surface area contributed by atoms with Gasteiger partial charge in [0, 0.05) is 24.3 Å². The summed E-state index contributed by atoms with van der Waals surface area (Å²) >= 11 is 0. The molecule has 18 heavy (non-hydrogen) atoms. The van der Waals surface area contributed by atoms with Gasteiger partial charge in [0.05, 0.1) is 6.54 Å². The van der Waals surface area contributed by atoms with E-state index in [1.807, 2.05) is 24.3 Å². The zero-order valence-electron chi connectivity index (χ0n) is 10.7. The van der Waals surface area contributed by atoms with Crippen molar-refractivity contribution in [1.82, 2.24) is 9.88 Å². The predicted molar refractivity (Wildman–Crippen MR) is 69.9 cm³/mol. The molecular formula is C14H18F2N2. The number of hydrogen-bond acceptors (Lipinski definition) is 1. The molecule has 0 saturated heterocycles. The summed E-state index contributed by atoms with van der Waals surface area (Å²) in [6.07, 6.45) is -0.598. The zero-order valence-corrected chi connectivity index (χ0v) is 10.7. The highest BCUT2D eigenvalue weighted by Gasteiger charge is 2.07. The Morgan fingerprint density at radius 3 is 2.67 bits per heavy atom. The Morgan fingerprint density at radius 1 is 1.22 bits per heavy atom. The van der Waals surface area contributed by atoms with Crippen LogP contribution in [0.15, 0.2) is 30.5 Å². The molecule has 0 aliphatic rings. The molecule has 98 valence electrons. The molecule has 0 amide bonds. The van der Waals surface area contributed by atoms with E-state index in [0.29, 0.717) is 6.04 Å². The molecule has 0 atom stereocenters. The second kappa shape index (κ2) is 5.48. The molecular weight excluding hydrogens is 234 g/mol. The SMILES string of the molecule is CC(C)NCc1ccc2c(ccn2CC(F)F)c1. The van der Waals surface area contributed by atoms with Gasteiger partial charge in [-0.05, 0) is 29.1 Å². The molecule has 4 heteroatoms. The van der Waals surface area contributed by atoms with E-state index in [1.54, 1.807) is 10.8 Å². The second-order valence-corrected chi connectivity index (χ2v) is 4.79. The number of nitrogens with zero attached hydrogens (tertiary/aromatic N) is 1. The highest BCUT2D eigenvalue weighted by atomic mass is 19.3. The molecule has 0 radical (unpaired) electrons. The highest BCUT2D eigenvalue weighted by Crippen LogP contribution is 2.18. The number of halogens is 2. The Hall–Kier alpha value is -1.42. The number of nitrogens with one attached hydrogen (secondary N) is 1. The Balaban J connectivity index is 2.20. The van der Waals surface area contributed by atoms with Gasteiger partial charge in [-0.1, -0.05) is 19.9 Å². The fourth-order valence-electron chi connectivity index (χ4n) is 1.99. The summed E-state index contributed by atoms with van der Waals surface area (Å²) in [5.74, 6) is 0. The van der Waals surface area contributed by atoms with Crippen molar-refractivity contribution in [1.29, 1.82) is 0 Å². The molecule has 1 heterocycles. The number of benzene rings is 1. The van der Waals surface area contributed by atoms with Crippen LogP contribution in [-0.4, -0.2) is 17.0 Å². The van der Waals surface area contributed by atoms with Gasteiger partial charge < -0.3 is 9.88 Å². The van der Waals surface area contributed by atoms with Crippen LogP contribution in [0.25, 0.3) is 10.9 Å². The maximum absolute atomic E-state index is 12.4. The third-order valence-electron chi connectivity index (χ3n) is 2.88. The van der Waals surface area contributed by atoms with Crippen molar-refractivity contribution >= 4 is 10.9 Å². The van der Waals surface area contributed by atoms with E-state index in [-0.39, 0.29) is 6.54 Å². The van der Waals surface area contributed by atoms with Crippen LogP contribution in [-0.2, 0) is 13.1 Å². The zero-order chi connectivity index (χ0) is 13.1. The molecule has 1 aromatic carbocycles. The summed E-state index contributed by atoms with van der Waals surface area (Å²) in [6, 6.07) is 8.27. The van der Waals surface area contributed by atoms with Gasteiger partial charge >= 0.3 is 0 Å². The number of fused-ring (bicyclic) bond motifs is 1. The number of alkyl halides is 2. The summed E-state index contributed by atoms with van der Waals surface area (Å²) in [5.41, 5.74) is 2.04. The summed E-state index contributed by atoms with van der Waals surface area (Å²) in [4.78, 5) is 0. The minimum Gasteiger partial charge on any atom is -0.342 e.